The summed E-state index contributed by atoms with van der Waals surface area (Å²) in [6.07, 6.45) is 0. The first-order valence-corrected chi connectivity index (χ1v) is 8.14. The molecule has 2 aromatic carbocycles. The minimum Gasteiger partial charge on any atom is -0.486 e. The Morgan fingerprint density at radius 1 is 1.10 bits per heavy atom. The molecular weight excluding hydrogens is 457 g/mol. The van der Waals surface area contributed by atoms with Gasteiger partial charge < -0.3 is 10.5 Å². The zero-order valence-electron chi connectivity index (χ0n) is 10.3. The van der Waals surface area contributed by atoms with Gasteiger partial charge in [0.2, 0.25) is 0 Å². The van der Waals surface area contributed by atoms with Crippen molar-refractivity contribution in [3.63, 3.8) is 0 Å². The lowest BCUT2D eigenvalue weighted by Crippen LogP contribution is -2.01. The number of ether oxygens (including phenoxy) is 1. The Balaban J connectivity index is 2.21. The fourth-order valence-electron chi connectivity index (χ4n) is 1.68. The number of rotatable bonds is 4. The summed E-state index contributed by atoms with van der Waals surface area (Å²) < 4.78 is 21.2. The van der Waals surface area contributed by atoms with Gasteiger partial charge >= 0.3 is 0 Å². The van der Waals surface area contributed by atoms with Crippen LogP contribution >= 0.6 is 47.8 Å². The van der Waals surface area contributed by atoms with Crippen molar-refractivity contribution in [2.24, 2.45) is 5.73 Å². The van der Waals surface area contributed by atoms with E-state index in [0.717, 1.165) is 20.1 Å². The molecule has 2 rings (SSSR count). The van der Waals surface area contributed by atoms with Gasteiger partial charge in [0.25, 0.3) is 0 Å². The third kappa shape index (κ3) is 3.61. The van der Waals surface area contributed by atoms with Crippen LogP contribution in [0.4, 0.5) is 4.39 Å². The first-order valence-electron chi connectivity index (χ1n) is 5.76. The fraction of sp³-hybridized carbons (Fsp3) is 0.143. The molecule has 0 amide bonds. The molecule has 0 aromatic heterocycles. The van der Waals surface area contributed by atoms with Crippen LogP contribution in [0, 0.1) is 5.82 Å². The Morgan fingerprint density at radius 2 is 1.75 bits per heavy atom. The highest BCUT2D eigenvalue weighted by molar-refractivity contribution is 9.11. The van der Waals surface area contributed by atoms with Crippen LogP contribution in [0.1, 0.15) is 11.1 Å². The van der Waals surface area contributed by atoms with Crippen LogP contribution < -0.4 is 10.5 Å². The summed E-state index contributed by atoms with van der Waals surface area (Å²) in [6, 6.07) is 8.67. The molecule has 20 heavy (non-hydrogen) atoms. The number of benzene rings is 2. The minimum atomic E-state index is -0.303. The summed E-state index contributed by atoms with van der Waals surface area (Å²) >= 11 is 10.1. The Kier molecular flexibility index (Phi) is 5.60. The number of nitrogens with two attached hydrogens (primary N) is 1. The van der Waals surface area contributed by atoms with Crippen LogP contribution in [0.5, 0.6) is 5.75 Å². The molecule has 0 unspecified atom stereocenters. The highest BCUT2D eigenvalue weighted by atomic mass is 79.9. The van der Waals surface area contributed by atoms with Crippen LogP contribution in [0.2, 0.25) is 0 Å². The second-order valence-electron chi connectivity index (χ2n) is 4.09. The van der Waals surface area contributed by atoms with E-state index in [2.05, 4.69) is 47.8 Å². The summed E-state index contributed by atoms with van der Waals surface area (Å²) in [5, 5.41) is 0. The molecule has 0 saturated heterocycles. The fourth-order valence-corrected chi connectivity index (χ4v) is 3.57. The average Bonchev–Trinajstić information content (AvgIpc) is 2.42. The summed E-state index contributed by atoms with van der Waals surface area (Å²) in [5.74, 6) is 0.362. The number of hydrogen-bond donors (Lipinski definition) is 1. The van der Waals surface area contributed by atoms with E-state index < -0.39 is 0 Å². The van der Waals surface area contributed by atoms with Gasteiger partial charge in [0.15, 0.2) is 0 Å². The molecule has 0 bridgehead atoms. The molecule has 0 atom stereocenters. The predicted molar refractivity (Wildman–Crippen MR) is 88.2 cm³/mol. The van der Waals surface area contributed by atoms with E-state index >= 15 is 0 Å². The predicted octanol–water partition coefficient (Wildman–Crippen LogP) is 5.15. The first-order chi connectivity index (χ1) is 9.52. The standard InChI is InChI=1S/C14H11Br3FNO/c15-10-4-8(6-19)5-11(16)14(10)20-7-9-2-1-3-12(18)13(9)17/h1-5H,6-7,19H2. The number of halogens is 4. The summed E-state index contributed by atoms with van der Waals surface area (Å²) in [5.41, 5.74) is 7.34. The molecule has 0 saturated carbocycles. The van der Waals surface area contributed by atoms with Gasteiger partial charge in [-0.1, -0.05) is 12.1 Å². The maximum Gasteiger partial charge on any atom is 0.148 e. The van der Waals surface area contributed by atoms with Crippen LogP contribution in [-0.4, -0.2) is 0 Å². The van der Waals surface area contributed by atoms with Crippen molar-refractivity contribution >= 4 is 47.8 Å². The second kappa shape index (κ2) is 7.02. The third-order valence-corrected chi connectivity index (χ3v) is 4.76. The van der Waals surface area contributed by atoms with Crippen molar-refractivity contribution in [2.75, 3.05) is 0 Å². The van der Waals surface area contributed by atoms with E-state index in [0.29, 0.717) is 16.8 Å². The lowest BCUT2D eigenvalue weighted by Gasteiger charge is -2.13. The molecule has 0 aliphatic carbocycles. The molecular formula is C14H11Br3FNO. The van der Waals surface area contributed by atoms with Crippen molar-refractivity contribution < 1.29 is 9.13 Å². The van der Waals surface area contributed by atoms with Crippen LogP contribution in [0.3, 0.4) is 0 Å². The van der Waals surface area contributed by atoms with Crippen LogP contribution in [-0.2, 0) is 13.2 Å². The third-order valence-electron chi connectivity index (χ3n) is 2.70. The van der Waals surface area contributed by atoms with E-state index in [4.69, 9.17) is 10.5 Å². The molecule has 0 aliphatic rings. The quantitative estimate of drug-likeness (QED) is 0.674. The lowest BCUT2D eigenvalue weighted by molar-refractivity contribution is 0.300. The Morgan fingerprint density at radius 3 is 2.35 bits per heavy atom. The second-order valence-corrected chi connectivity index (χ2v) is 6.60. The van der Waals surface area contributed by atoms with Crippen molar-refractivity contribution in [2.45, 2.75) is 13.2 Å². The van der Waals surface area contributed by atoms with Crippen molar-refractivity contribution in [1.82, 2.24) is 0 Å². The van der Waals surface area contributed by atoms with E-state index in [1.807, 2.05) is 18.2 Å². The van der Waals surface area contributed by atoms with Crippen molar-refractivity contribution in [3.05, 3.63) is 60.7 Å². The molecule has 2 aromatic rings. The first kappa shape index (κ1) is 15.9. The zero-order chi connectivity index (χ0) is 14.7. The SMILES string of the molecule is NCc1cc(Br)c(OCc2cccc(F)c2Br)c(Br)c1. The molecule has 0 fully saturated rings. The summed E-state index contributed by atoms with van der Waals surface area (Å²) in [6.45, 7) is 0.713. The summed E-state index contributed by atoms with van der Waals surface area (Å²) in [7, 11) is 0. The maximum absolute atomic E-state index is 13.4. The molecule has 106 valence electrons. The van der Waals surface area contributed by atoms with Gasteiger partial charge in [0.05, 0.1) is 13.4 Å². The largest absolute Gasteiger partial charge is 0.486 e. The monoisotopic (exact) mass is 465 g/mol. The zero-order valence-corrected chi connectivity index (χ0v) is 15.1. The number of hydrogen-bond acceptors (Lipinski definition) is 2. The Hall–Kier alpha value is -0.430. The molecule has 0 aliphatic heterocycles. The van der Waals surface area contributed by atoms with Crippen LogP contribution in [0.15, 0.2) is 43.7 Å². The van der Waals surface area contributed by atoms with Gasteiger partial charge in [-0.15, -0.1) is 0 Å². The van der Waals surface area contributed by atoms with Gasteiger partial charge in [-0.25, -0.2) is 4.39 Å². The van der Waals surface area contributed by atoms with Gasteiger partial charge in [-0.2, -0.15) is 0 Å². The molecule has 0 radical (unpaired) electrons. The molecule has 6 heteroatoms. The smallest absolute Gasteiger partial charge is 0.148 e. The van der Waals surface area contributed by atoms with Crippen molar-refractivity contribution in [3.8, 4) is 5.75 Å². The van der Waals surface area contributed by atoms with E-state index in [1.54, 1.807) is 6.07 Å². The van der Waals surface area contributed by atoms with Crippen molar-refractivity contribution in [1.29, 1.82) is 0 Å². The average molecular weight is 468 g/mol. The van der Waals surface area contributed by atoms with E-state index in [-0.39, 0.29) is 12.4 Å². The van der Waals surface area contributed by atoms with Gasteiger partial charge in [0.1, 0.15) is 18.2 Å². The highest BCUT2D eigenvalue weighted by Crippen LogP contribution is 2.35. The summed E-state index contributed by atoms with van der Waals surface area (Å²) in [4.78, 5) is 0. The molecule has 0 spiro atoms. The Labute approximate surface area is 141 Å². The molecule has 0 heterocycles. The molecule has 2 nitrogen and oxygen atoms in total. The van der Waals surface area contributed by atoms with Gasteiger partial charge in [0, 0.05) is 12.1 Å². The highest BCUT2D eigenvalue weighted by Gasteiger charge is 2.11. The van der Waals surface area contributed by atoms with E-state index in [9.17, 15) is 4.39 Å². The molecule has 2 N–H and O–H groups in total. The van der Waals surface area contributed by atoms with E-state index in [1.165, 1.54) is 6.07 Å². The van der Waals surface area contributed by atoms with Gasteiger partial charge in [-0.05, 0) is 71.6 Å². The van der Waals surface area contributed by atoms with Crippen LogP contribution in [0.25, 0.3) is 0 Å². The minimum absolute atomic E-state index is 0.261. The Bertz CT molecular complexity index is 611. The topological polar surface area (TPSA) is 35.2 Å². The van der Waals surface area contributed by atoms with Gasteiger partial charge in [-0.3, -0.25) is 0 Å². The lowest BCUT2D eigenvalue weighted by atomic mass is 10.2. The normalized spacial score (nSPS) is 10.7. The maximum atomic E-state index is 13.4.